The van der Waals surface area contributed by atoms with E-state index in [4.69, 9.17) is 18.9 Å². The van der Waals surface area contributed by atoms with Crippen LogP contribution in [0.3, 0.4) is 0 Å². The fraction of sp³-hybridized carbons (Fsp3) is 0.667. The molecule has 0 bridgehead atoms. The van der Waals surface area contributed by atoms with Crippen molar-refractivity contribution < 1.29 is 33.6 Å². The Labute approximate surface area is 112 Å². The van der Waals surface area contributed by atoms with Crippen molar-refractivity contribution in [1.82, 2.24) is 0 Å². The van der Waals surface area contributed by atoms with Crippen LogP contribution in [-0.4, -0.2) is 56.4 Å². The number of carbonyl (C=O) groups excluding carboxylic acids is 2. The van der Waals surface area contributed by atoms with E-state index in [-0.39, 0.29) is 6.61 Å². The molecular weight excluding hydrogens is 256 g/mol. The molecule has 2 atom stereocenters. The lowest BCUT2D eigenvalue weighted by Gasteiger charge is -2.20. The van der Waals surface area contributed by atoms with Gasteiger partial charge in [0, 0.05) is 28.1 Å². The van der Waals surface area contributed by atoms with E-state index in [9.17, 15) is 14.7 Å². The minimum absolute atomic E-state index is 0.231. The van der Waals surface area contributed by atoms with E-state index in [1.165, 1.54) is 40.2 Å². The predicted molar refractivity (Wildman–Crippen MR) is 65.1 cm³/mol. The second-order valence-corrected chi connectivity index (χ2v) is 3.67. The summed E-state index contributed by atoms with van der Waals surface area (Å²) in [6.07, 6.45) is 0.0494. The van der Waals surface area contributed by atoms with Crippen molar-refractivity contribution in [3.05, 3.63) is 12.2 Å². The Bertz CT molecular complexity index is 309. The van der Waals surface area contributed by atoms with Crippen LogP contribution in [0.15, 0.2) is 12.2 Å². The van der Waals surface area contributed by atoms with Gasteiger partial charge in [0.25, 0.3) is 0 Å². The molecule has 0 aliphatic heterocycles. The van der Waals surface area contributed by atoms with Gasteiger partial charge in [0.2, 0.25) is 0 Å². The highest BCUT2D eigenvalue weighted by Gasteiger charge is 2.21. The van der Waals surface area contributed by atoms with E-state index in [1.807, 2.05) is 0 Å². The van der Waals surface area contributed by atoms with Gasteiger partial charge in [0.1, 0.15) is 12.7 Å². The van der Waals surface area contributed by atoms with Crippen LogP contribution in [0.2, 0.25) is 0 Å². The zero-order valence-electron chi connectivity index (χ0n) is 11.5. The topological polar surface area (TPSA) is 91.3 Å². The first-order valence-corrected chi connectivity index (χ1v) is 5.63. The average molecular weight is 276 g/mol. The fourth-order valence-corrected chi connectivity index (χ4v) is 1.20. The molecule has 1 N–H and O–H groups in total. The third-order valence-electron chi connectivity index (χ3n) is 2.08. The lowest BCUT2D eigenvalue weighted by molar-refractivity contribution is -0.161. The van der Waals surface area contributed by atoms with Gasteiger partial charge in [-0.3, -0.25) is 9.59 Å². The number of rotatable bonds is 8. The van der Waals surface area contributed by atoms with Gasteiger partial charge in [0.05, 0.1) is 0 Å². The summed E-state index contributed by atoms with van der Waals surface area (Å²) in [4.78, 5) is 21.6. The van der Waals surface area contributed by atoms with Crippen molar-refractivity contribution in [3.63, 3.8) is 0 Å². The van der Waals surface area contributed by atoms with Gasteiger partial charge in [-0.2, -0.15) is 0 Å². The molecule has 0 aromatic carbocycles. The molecule has 0 aromatic heterocycles. The molecule has 0 spiro atoms. The summed E-state index contributed by atoms with van der Waals surface area (Å²) in [6, 6.07) is 0. The SMILES string of the molecule is COC(/C=C/[C@H](O)[C@@H](COC(C)=O)OC(C)=O)OC. The molecule has 0 heterocycles. The number of hydrogen-bond donors (Lipinski definition) is 1. The molecule has 0 saturated carbocycles. The van der Waals surface area contributed by atoms with E-state index in [1.54, 1.807) is 0 Å². The molecule has 0 aliphatic rings. The summed E-state index contributed by atoms with van der Waals surface area (Å²) in [5.74, 6) is -1.11. The van der Waals surface area contributed by atoms with Gasteiger partial charge in [-0.25, -0.2) is 0 Å². The monoisotopic (exact) mass is 276 g/mol. The second kappa shape index (κ2) is 9.48. The summed E-state index contributed by atoms with van der Waals surface area (Å²) in [5, 5.41) is 9.84. The standard InChI is InChI=1S/C12H20O7/c1-8(13)18-7-11(19-9(2)14)10(15)5-6-12(16-3)17-4/h5-6,10-12,15H,7H2,1-4H3/b6-5+/t10-,11+/m0/s1. The van der Waals surface area contributed by atoms with Gasteiger partial charge in [-0.15, -0.1) is 0 Å². The van der Waals surface area contributed by atoms with Crippen LogP contribution in [0.1, 0.15) is 13.8 Å². The van der Waals surface area contributed by atoms with Crippen LogP contribution in [0, 0.1) is 0 Å². The summed E-state index contributed by atoms with van der Waals surface area (Å²) in [7, 11) is 2.88. The minimum Gasteiger partial charge on any atom is -0.462 e. The molecule has 0 aromatic rings. The Kier molecular flexibility index (Phi) is 8.77. The third-order valence-corrected chi connectivity index (χ3v) is 2.08. The van der Waals surface area contributed by atoms with Crippen LogP contribution in [0.5, 0.6) is 0 Å². The van der Waals surface area contributed by atoms with Crippen molar-refractivity contribution >= 4 is 11.9 Å². The third kappa shape index (κ3) is 8.30. The fourth-order valence-electron chi connectivity index (χ4n) is 1.20. The maximum absolute atomic E-state index is 10.9. The summed E-state index contributed by atoms with van der Waals surface area (Å²) in [5.41, 5.74) is 0. The maximum atomic E-state index is 10.9. The van der Waals surface area contributed by atoms with Crippen molar-refractivity contribution in [1.29, 1.82) is 0 Å². The molecule has 0 fully saturated rings. The largest absolute Gasteiger partial charge is 0.462 e. The Morgan fingerprint density at radius 3 is 2.11 bits per heavy atom. The van der Waals surface area contributed by atoms with E-state index in [0.717, 1.165) is 0 Å². The Balaban J connectivity index is 4.55. The molecule has 19 heavy (non-hydrogen) atoms. The van der Waals surface area contributed by atoms with E-state index >= 15 is 0 Å². The number of carbonyl (C=O) groups is 2. The Morgan fingerprint density at radius 2 is 1.68 bits per heavy atom. The zero-order chi connectivity index (χ0) is 14.8. The Hall–Kier alpha value is -1.44. The van der Waals surface area contributed by atoms with Crippen molar-refractivity contribution in [2.45, 2.75) is 32.3 Å². The lowest BCUT2D eigenvalue weighted by atomic mass is 10.2. The van der Waals surface area contributed by atoms with Crippen LogP contribution < -0.4 is 0 Å². The molecule has 7 heteroatoms. The maximum Gasteiger partial charge on any atom is 0.303 e. The van der Waals surface area contributed by atoms with Gasteiger partial charge in [-0.1, -0.05) is 6.08 Å². The lowest BCUT2D eigenvalue weighted by Crippen LogP contribution is -2.34. The van der Waals surface area contributed by atoms with Gasteiger partial charge >= 0.3 is 11.9 Å². The number of hydrogen-bond acceptors (Lipinski definition) is 7. The minimum atomic E-state index is -1.14. The molecule has 0 aliphatic carbocycles. The van der Waals surface area contributed by atoms with Crippen molar-refractivity contribution in [2.24, 2.45) is 0 Å². The quantitative estimate of drug-likeness (QED) is 0.379. The first kappa shape index (κ1) is 17.6. The number of aliphatic hydroxyl groups excluding tert-OH is 1. The number of aliphatic hydroxyl groups is 1. The second-order valence-electron chi connectivity index (χ2n) is 3.67. The first-order valence-electron chi connectivity index (χ1n) is 5.63. The normalized spacial score (nSPS) is 14.4. The zero-order valence-corrected chi connectivity index (χ0v) is 11.5. The molecule has 0 unspecified atom stereocenters. The van der Waals surface area contributed by atoms with Crippen LogP contribution in [0.4, 0.5) is 0 Å². The van der Waals surface area contributed by atoms with E-state index in [2.05, 4.69) is 0 Å². The average Bonchev–Trinajstić information content (AvgIpc) is 2.34. The van der Waals surface area contributed by atoms with Crippen molar-refractivity contribution in [3.8, 4) is 0 Å². The van der Waals surface area contributed by atoms with E-state index in [0.29, 0.717) is 0 Å². The smallest absolute Gasteiger partial charge is 0.303 e. The van der Waals surface area contributed by atoms with Gasteiger partial charge < -0.3 is 24.1 Å². The number of ether oxygens (including phenoxy) is 4. The molecule has 0 rings (SSSR count). The highest BCUT2D eigenvalue weighted by molar-refractivity contribution is 5.67. The Morgan fingerprint density at radius 1 is 1.11 bits per heavy atom. The van der Waals surface area contributed by atoms with Crippen LogP contribution in [-0.2, 0) is 28.5 Å². The van der Waals surface area contributed by atoms with Crippen molar-refractivity contribution in [2.75, 3.05) is 20.8 Å². The molecule has 7 nitrogen and oxygen atoms in total. The highest BCUT2D eigenvalue weighted by atomic mass is 16.7. The number of esters is 2. The molecule has 0 saturated heterocycles. The summed E-state index contributed by atoms with van der Waals surface area (Å²) in [6.45, 7) is 2.19. The highest BCUT2D eigenvalue weighted by Crippen LogP contribution is 2.05. The van der Waals surface area contributed by atoms with Crippen LogP contribution in [0.25, 0.3) is 0 Å². The summed E-state index contributed by atoms with van der Waals surface area (Å²) < 4.78 is 19.4. The molecule has 0 amide bonds. The predicted octanol–water partition coefficient (Wildman–Crippen LogP) is 0.0172. The number of methoxy groups -OCH3 is 2. The first-order chi connectivity index (χ1) is 8.90. The summed E-state index contributed by atoms with van der Waals surface area (Å²) >= 11 is 0. The molecule has 0 radical (unpaired) electrons. The molecular formula is C12H20O7. The molecule has 110 valence electrons. The van der Waals surface area contributed by atoms with Gasteiger partial charge in [0.15, 0.2) is 12.4 Å². The van der Waals surface area contributed by atoms with E-state index < -0.39 is 30.4 Å². The van der Waals surface area contributed by atoms with Crippen LogP contribution >= 0.6 is 0 Å². The van der Waals surface area contributed by atoms with Gasteiger partial charge in [-0.05, 0) is 6.08 Å².